The smallest absolute Gasteiger partial charge is 0.319 e. The zero-order valence-corrected chi connectivity index (χ0v) is 21.1. The fourth-order valence-electron chi connectivity index (χ4n) is 3.70. The lowest BCUT2D eigenvalue weighted by molar-refractivity contribution is 0.252. The summed E-state index contributed by atoms with van der Waals surface area (Å²) in [7, 11) is 6.50. The zero-order chi connectivity index (χ0) is 25.7. The van der Waals surface area contributed by atoms with Crippen molar-refractivity contribution in [3.05, 3.63) is 53.7 Å². The molecule has 10 nitrogen and oxygen atoms in total. The SMILES string of the molecule is Bc1cnn2c(NCCNC(=O)Nc3cc(OC)c(OC)c(OC)c3)cc(-c3ccccc3Cl)nc12. The monoisotopic (exact) mass is 508 g/mol. The van der Waals surface area contributed by atoms with E-state index in [1.54, 1.807) is 22.8 Å². The minimum absolute atomic E-state index is 0.349. The first-order chi connectivity index (χ1) is 17.4. The van der Waals surface area contributed by atoms with Crippen molar-refractivity contribution in [1.29, 1.82) is 0 Å². The number of nitrogens with zero attached hydrogens (tertiary/aromatic N) is 3. The molecular weight excluding hydrogens is 483 g/mol. The maximum atomic E-state index is 12.5. The fourth-order valence-corrected chi connectivity index (χ4v) is 3.93. The lowest BCUT2D eigenvalue weighted by atomic mass is 10.0. The molecule has 0 spiro atoms. The van der Waals surface area contributed by atoms with Gasteiger partial charge in [0.1, 0.15) is 13.7 Å². The molecule has 186 valence electrons. The molecule has 0 aliphatic heterocycles. The molecule has 0 atom stereocenters. The first-order valence-corrected chi connectivity index (χ1v) is 11.5. The van der Waals surface area contributed by atoms with Crippen LogP contribution >= 0.6 is 11.6 Å². The van der Waals surface area contributed by atoms with Crippen LogP contribution in [0.4, 0.5) is 16.3 Å². The van der Waals surface area contributed by atoms with Crippen molar-refractivity contribution in [2.45, 2.75) is 0 Å². The third kappa shape index (κ3) is 5.25. The number of halogens is 1. The van der Waals surface area contributed by atoms with Gasteiger partial charge in [-0.3, -0.25) is 0 Å². The molecule has 2 amide bonds. The largest absolute Gasteiger partial charge is 0.493 e. The average molecular weight is 509 g/mol. The number of anilines is 2. The van der Waals surface area contributed by atoms with Crippen molar-refractivity contribution < 1.29 is 19.0 Å². The number of nitrogens with one attached hydrogen (secondary N) is 3. The number of amides is 2. The quantitative estimate of drug-likeness (QED) is 0.235. The van der Waals surface area contributed by atoms with Gasteiger partial charge in [-0.15, -0.1) is 0 Å². The van der Waals surface area contributed by atoms with Crippen molar-refractivity contribution in [2.24, 2.45) is 0 Å². The van der Waals surface area contributed by atoms with Gasteiger partial charge in [0.05, 0.1) is 32.7 Å². The Morgan fingerprint density at radius 1 is 1.06 bits per heavy atom. The lowest BCUT2D eigenvalue weighted by Crippen LogP contribution is -2.32. The van der Waals surface area contributed by atoms with Crippen molar-refractivity contribution in [2.75, 3.05) is 45.1 Å². The molecule has 4 aromatic rings. The van der Waals surface area contributed by atoms with Crippen LogP contribution in [0.15, 0.2) is 48.7 Å². The molecule has 2 heterocycles. The van der Waals surface area contributed by atoms with Crippen LogP contribution in [-0.4, -0.2) is 62.9 Å². The summed E-state index contributed by atoms with van der Waals surface area (Å²) in [4.78, 5) is 17.2. The van der Waals surface area contributed by atoms with Crippen molar-refractivity contribution >= 4 is 48.1 Å². The first kappa shape index (κ1) is 25.0. The second-order valence-corrected chi connectivity index (χ2v) is 8.20. The van der Waals surface area contributed by atoms with E-state index < -0.39 is 0 Å². The highest BCUT2D eigenvalue weighted by Gasteiger charge is 2.15. The molecule has 0 aliphatic rings. The van der Waals surface area contributed by atoms with Crippen LogP contribution in [0.1, 0.15) is 0 Å². The highest BCUT2D eigenvalue weighted by atomic mass is 35.5. The molecule has 2 aromatic heterocycles. The van der Waals surface area contributed by atoms with Gasteiger partial charge in [-0.05, 0) is 11.5 Å². The molecule has 0 unspecified atom stereocenters. The van der Waals surface area contributed by atoms with Gasteiger partial charge in [0.25, 0.3) is 0 Å². The van der Waals surface area contributed by atoms with E-state index in [4.69, 9.17) is 30.8 Å². The summed E-state index contributed by atoms with van der Waals surface area (Å²) in [5.74, 6) is 2.07. The van der Waals surface area contributed by atoms with E-state index >= 15 is 0 Å². The van der Waals surface area contributed by atoms with E-state index in [1.165, 1.54) is 21.3 Å². The van der Waals surface area contributed by atoms with Crippen LogP contribution in [0.3, 0.4) is 0 Å². The number of fused-ring (bicyclic) bond motifs is 1. The van der Waals surface area contributed by atoms with Crippen molar-refractivity contribution in [3.63, 3.8) is 0 Å². The summed E-state index contributed by atoms with van der Waals surface area (Å²) in [6, 6.07) is 12.4. The van der Waals surface area contributed by atoms with Gasteiger partial charge in [0.2, 0.25) is 5.75 Å². The summed E-state index contributed by atoms with van der Waals surface area (Å²) >= 11 is 6.40. The minimum Gasteiger partial charge on any atom is -0.493 e. The second kappa shape index (κ2) is 11.1. The van der Waals surface area contributed by atoms with E-state index in [0.717, 1.165) is 28.2 Å². The molecule has 0 saturated heterocycles. The standard InChI is InChI=1S/C24H26BClN6O4/c1-34-19-10-14(11-20(35-2)22(19)36-3)30-24(33)28-9-8-27-21-12-18(15-6-4-5-7-17(15)26)31-23-16(25)13-29-32(21)23/h4-7,10-13,27H,8-9,25H2,1-3H3,(H2,28,30,33). The Balaban J connectivity index is 1.42. The number of ether oxygens (including phenoxy) is 3. The van der Waals surface area contributed by atoms with Crippen LogP contribution in [0.5, 0.6) is 17.2 Å². The van der Waals surface area contributed by atoms with Crippen LogP contribution < -0.4 is 35.6 Å². The first-order valence-electron chi connectivity index (χ1n) is 11.1. The summed E-state index contributed by atoms with van der Waals surface area (Å²) in [6.45, 7) is 0.796. The number of aromatic nitrogens is 3. The second-order valence-electron chi connectivity index (χ2n) is 7.79. The average Bonchev–Trinajstić information content (AvgIpc) is 3.26. The van der Waals surface area contributed by atoms with Gasteiger partial charge >= 0.3 is 6.03 Å². The molecule has 4 rings (SSSR count). The maximum Gasteiger partial charge on any atom is 0.319 e. The van der Waals surface area contributed by atoms with Gasteiger partial charge in [-0.2, -0.15) is 9.61 Å². The molecule has 0 bridgehead atoms. The number of hydrogen-bond acceptors (Lipinski definition) is 7. The van der Waals surface area contributed by atoms with Gasteiger partial charge in [-0.25, -0.2) is 9.78 Å². The van der Waals surface area contributed by atoms with Gasteiger partial charge < -0.3 is 30.2 Å². The molecule has 12 heteroatoms. The fraction of sp³-hybridized carbons (Fsp3) is 0.208. The van der Waals surface area contributed by atoms with Crippen LogP contribution in [0.2, 0.25) is 5.02 Å². The number of carbonyl (C=O) groups excluding carboxylic acids is 1. The van der Waals surface area contributed by atoms with Gasteiger partial charge in [-0.1, -0.05) is 29.8 Å². The normalized spacial score (nSPS) is 10.7. The van der Waals surface area contributed by atoms with Crippen molar-refractivity contribution in [3.8, 4) is 28.5 Å². The number of rotatable bonds is 9. The molecule has 0 radical (unpaired) electrons. The maximum absolute atomic E-state index is 12.5. The Morgan fingerprint density at radius 2 is 1.78 bits per heavy atom. The zero-order valence-electron chi connectivity index (χ0n) is 20.4. The van der Waals surface area contributed by atoms with Crippen LogP contribution in [0.25, 0.3) is 16.9 Å². The highest BCUT2D eigenvalue weighted by molar-refractivity contribution is 6.36. The number of benzene rings is 2. The molecule has 36 heavy (non-hydrogen) atoms. The van der Waals surface area contributed by atoms with Gasteiger partial charge in [0, 0.05) is 48.1 Å². The minimum atomic E-state index is -0.377. The predicted octanol–water partition coefficient (Wildman–Crippen LogP) is 2.57. The van der Waals surface area contributed by atoms with E-state index in [2.05, 4.69) is 21.0 Å². The molecule has 0 aliphatic carbocycles. The third-order valence-corrected chi connectivity index (χ3v) is 5.77. The molecule has 0 saturated carbocycles. The number of urea groups is 1. The number of hydrogen-bond donors (Lipinski definition) is 3. The Labute approximate surface area is 214 Å². The Bertz CT molecular complexity index is 1370. The van der Waals surface area contributed by atoms with E-state index in [9.17, 15) is 4.79 Å². The highest BCUT2D eigenvalue weighted by Crippen LogP contribution is 2.39. The molecule has 0 fully saturated rings. The number of methoxy groups -OCH3 is 3. The summed E-state index contributed by atoms with van der Waals surface area (Å²) in [5.41, 5.74) is 3.72. The molecular formula is C24H26BClN6O4. The molecule has 2 aromatic carbocycles. The summed E-state index contributed by atoms with van der Waals surface area (Å²) in [6.07, 6.45) is 1.76. The Kier molecular flexibility index (Phi) is 7.70. The third-order valence-electron chi connectivity index (χ3n) is 5.44. The Hall–Kier alpha value is -4.12. The molecule has 3 N–H and O–H groups in total. The number of carbonyl (C=O) groups is 1. The van der Waals surface area contributed by atoms with Crippen LogP contribution in [-0.2, 0) is 0 Å². The van der Waals surface area contributed by atoms with E-state index in [0.29, 0.717) is 41.0 Å². The van der Waals surface area contributed by atoms with Gasteiger partial charge in [0.15, 0.2) is 17.1 Å². The Morgan fingerprint density at radius 3 is 2.44 bits per heavy atom. The summed E-state index contributed by atoms with van der Waals surface area (Å²) in [5, 5.41) is 13.9. The predicted molar refractivity (Wildman–Crippen MR) is 143 cm³/mol. The topological polar surface area (TPSA) is 111 Å². The van der Waals surface area contributed by atoms with E-state index in [1.807, 2.05) is 38.2 Å². The summed E-state index contributed by atoms with van der Waals surface area (Å²) < 4.78 is 17.7. The van der Waals surface area contributed by atoms with Crippen molar-refractivity contribution in [1.82, 2.24) is 19.9 Å². The lowest BCUT2D eigenvalue weighted by Gasteiger charge is -2.15. The van der Waals surface area contributed by atoms with Crippen LogP contribution in [0, 0.1) is 0 Å². The van der Waals surface area contributed by atoms with E-state index in [-0.39, 0.29) is 6.03 Å².